The normalized spacial score (nSPS) is 11.5. The van der Waals surface area contributed by atoms with E-state index >= 15 is 0 Å². The minimum Gasteiger partial charge on any atom is -0.487 e. The second-order valence-electron chi connectivity index (χ2n) is 7.85. The Morgan fingerprint density at radius 2 is 1.89 bits per heavy atom. The van der Waals surface area contributed by atoms with E-state index in [9.17, 15) is 4.79 Å². The zero-order valence-corrected chi connectivity index (χ0v) is 25.4. The highest BCUT2D eigenvalue weighted by Gasteiger charge is 2.12. The van der Waals surface area contributed by atoms with E-state index < -0.39 is 0 Å². The zero-order chi connectivity index (χ0) is 24.9. The minimum atomic E-state index is -0.178. The summed E-state index contributed by atoms with van der Waals surface area (Å²) in [5.41, 5.74) is 2.30. The van der Waals surface area contributed by atoms with E-state index in [1.54, 1.807) is 12.3 Å². The Labute approximate surface area is 244 Å². The van der Waals surface area contributed by atoms with Crippen molar-refractivity contribution >= 4 is 89.8 Å². The molecule has 0 amide bonds. The van der Waals surface area contributed by atoms with Crippen molar-refractivity contribution in [2.45, 2.75) is 32.8 Å². The molecule has 4 aromatic rings. The van der Waals surface area contributed by atoms with Gasteiger partial charge >= 0.3 is 0 Å². The number of nitrogens with zero attached hydrogens (tertiary/aromatic N) is 3. The van der Waals surface area contributed by atoms with Crippen LogP contribution in [0.25, 0.3) is 10.9 Å². The van der Waals surface area contributed by atoms with Crippen molar-refractivity contribution in [2.75, 3.05) is 0 Å². The molecule has 5 nitrogen and oxygen atoms in total. The van der Waals surface area contributed by atoms with Crippen LogP contribution in [-0.2, 0) is 13.0 Å². The first kappa shape index (κ1) is 26.6. The van der Waals surface area contributed by atoms with Crippen LogP contribution in [0.5, 0.6) is 5.75 Å². The van der Waals surface area contributed by atoms with E-state index in [4.69, 9.17) is 21.3 Å². The maximum absolute atomic E-state index is 13.3. The molecule has 35 heavy (non-hydrogen) atoms. The summed E-state index contributed by atoms with van der Waals surface area (Å²) in [4.78, 5) is 18.0. The van der Waals surface area contributed by atoms with E-state index in [0.29, 0.717) is 34.8 Å². The maximum Gasteiger partial charge on any atom is 0.282 e. The van der Waals surface area contributed by atoms with Crippen LogP contribution in [0, 0.1) is 7.14 Å². The summed E-state index contributed by atoms with van der Waals surface area (Å²) < 4.78 is 10.2. The number of unbranched alkanes of at least 4 members (excludes halogenated alkanes) is 1. The van der Waals surface area contributed by atoms with Crippen LogP contribution < -0.4 is 10.3 Å². The van der Waals surface area contributed by atoms with Gasteiger partial charge in [0.2, 0.25) is 0 Å². The van der Waals surface area contributed by atoms with E-state index in [1.165, 1.54) is 4.68 Å². The third kappa shape index (κ3) is 6.44. The molecular formula is C26H21BrClI2N3O2. The first-order valence-electron chi connectivity index (χ1n) is 11.0. The molecule has 180 valence electrons. The molecule has 1 aromatic heterocycles. The lowest BCUT2D eigenvalue weighted by molar-refractivity contribution is 0.302. The molecule has 0 atom stereocenters. The molecule has 0 aliphatic carbocycles. The van der Waals surface area contributed by atoms with Gasteiger partial charge in [-0.15, -0.1) is 0 Å². The zero-order valence-electron chi connectivity index (χ0n) is 18.8. The van der Waals surface area contributed by atoms with Crippen molar-refractivity contribution in [1.82, 2.24) is 9.66 Å². The Morgan fingerprint density at radius 1 is 1.14 bits per heavy atom. The second-order valence-corrected chi connectivity index (χ2v) is 11.5. The van der Waals surface area contributed by atoms with Gasteiger partial charge in [-0.1, -0.05) is 59.1 Å². The van der Waals surface area contributed by atoms with Gasteiger partial charge in [0.05, 0.1) is 24.3 Å². The van der Waals surface area contributed by atoms with Crippen LogP contribution in [0.3, 0.4) is 0 Å². The van der Waals surface area contributed by atoms with Gasteiger partial charge in [0.15, 0.2) is 0 Å². The Morgan fingerprint density at radius 3 is 2.60 bits per heavy atom. The minimum absolute atomic E-state index is 0.178. The van der Waals surface area contributed by atoms with Crippen LogP contribution in [0.2, 0.25) is 5.02 Å². The van der Waals surface area contributed by atoms with Gasteiger partial charge in [0, 0.05) is 21.5 Å². The van der Waals surface area contributed by atoms with E-state index in [2.05, 4.69) is 73.1 Å². The average Bonchev–Trinajstić information content (AvgIpc) is 2.83. The number of ether oxygens (including phenoxy) is 1. The van der Waals surface area contributed by atoms with Crippen LogP contribution in [0.4, 0.5) is 0 Å². The van der Waals surface area contributed by atoms with Crippen molar-refractivity contribution in [3.8, 4) is 5.75 Å². The number of aromatic nitrogens is 2. The highest BCUT2D eigenvalue weighted by molar-refractivity contribution is 14.1. The van der Waals surface area contributed by atoms with E-state index in [1.807, 2.05) is 48.5 Å². The summed E-state index contributed by atoms with van der Waals surface area (Å²) in [6, 6.07) is 17.2. The molecule has 0 unspecified atom stereocenters. The number of halogens is 4. The summed E-state index contributed by atoms with van der Waals surface area (Å²) >= 11 is 14.2. The van der Waals surface area contributed by atoms with Crippen LogP contribution in [0.1, 0.15) is 36.7 Å². The number of benzene rings is 3. The van der Waals surface area contributed by atoms with Gasteiger partial charge in [-0.2, -0.15) is 9.78 Å². The molecule has 1 heterocycles. The second kappa shape index (κ2) is 12.2. The number of hydrogen-bond donors (Lipinski definition) is 0. The van der Waals surface area contributed by atoms with Gasteiger partial charge in [-0.25, -0.2) is 4.98 Å². The van der Waals surface area contributed by atoms with Gasteiger partial charge in [0.25, 0.3) is 5.56 Å². The van der Waals surface area contributed by atoms with Gasteiger partial charge in [-0.05, 0) is 93.6 Å². The topological polar surface area (TPSA) is 56.5 Å². The van der Waals surface area contributed by atoms with Crippen LogP contribution >= 0.6 is 72.7 Å². The fourth-order valence-electron chi connectivity index (χ4n) is 3.49. The Balaban J connectivity index is 1.65. The average molecular weight is 777 g/mol. The smallest absolute Gasteiger partial charge is 0.282 e. The highest BCUT2D eigenvalue weighted by atomic mass is 127. The lowest BCUT2D eigenvalue weighted by Gasteiger charge is -2.12. The van der Waals surface area contributed by atoms with Crippen molar-refractivity contribution in [2.24, 2.45) is 5.10 Å². The predicted octanol–water partition coefficient (Wildman–Crippen LogP) is 7.83. The van der Waals surface area contributed by atoms with Crippen molar-refractivity contribution in [1.29, 1.82) is 0 Å². The van der Waals surface area contributed by atoms with E-state index in [-0.39, 0.29) is 5.56 Å². The number of hydrogen-bond acceptors (Lipinski definition) is 4. The molecule has 0 bridgehead atoms. The molecule has 0 fully saturated rings. The Hall–Kier alpha value is -1.50. The molecule has 0 aliphatic rings. The third-order valence-electron chi connectivity index (χ3n) is 5.30. The molecule has 0 saturated heterocycles. The summed E-state index contributed by atoms with van der Waals surface area (Å²) in [5, 5.41) is 5.78. The SMILES string of the molecule is CCCCc1nc2ccc(Br)cc2c(=O)n1N=Cc1cc(I)c(OCc2ccccc2Cl)c(I)c1. The third-order valence-corrected chi connectivity index (χ3v) is 7.77. The number of rotatable bonds is 8. The number of fused-ring (bicyclic) bond motifs is 1. The molecule has 0 N–H and O–H groups in total. The molecule has 0 radical (unpaired) electrons. The first-order valence-corrected chi connectivity index (χ1v) is 14.3. The molecule has 0 aliphatic heterocycles. The molecule has 0 spiro atoms. The Kier molecular flexibility index (Phi) is 9.23. The molecule has 4 rings (SSSR count). The monoisotopic (exact) mass is 775 g/mol. The van der Waals surface area contributed by atoms with Crippen molar-refractivity contribution in [3.05, 3.63) is 98.5 Å². The lowest BCUT2D eigenvalue weighted by atomic mass is 10.2. The molecule has 9 heteroatoms. The quantitative estimate of drug-likeness (QED) is 0.136. The summed E-state index contributed by atoms with van der Waals surface area (Å²) in [7, 11) is 0. The standard InChI is InChI=1S/C26H21BrClI2N3O2/c1-2-3-8-24-32-23-10-9-18(27)13-19(23)26(34)33(24)31-14-16-11-21(29)25(22(30)12-16)35-15-17-6-4-5-7-20(17)28/h4-7,9-14H,2-3,8,15H2,1H3. The van der Waals surface area contributed by atoms with Gasteiger partial charge < -0.3 is 4.74 Å². The summed E-state index contributed by atoms with van der Waals surface area (Å²) in [6.45, 7) is 2.50. The first-order chi connectivity index (χ1) is 16.9. The number of aryl methyl sites for hydroxylation is 1. The summed E-state index contributed by atoms with van der Waals surface area (Å²) in [6.07, 6.45) is 4.31. The molecular weight excluding hydrogens is 755 g/mol. The van der Waals surface area contributed by atoms with Crippen molar-refractivity contribution < 1.29 is 4.74 Å². The van der Waals surface area contributed by atoms with Gasteiger partial charge in [-0.3, -0.25) is 4.79 Å². The largest absolute Gasteiger partial charge is 0.487 e. The fourth-order valence-corrected chi connectivity index (χ4v) is 6.17. The maximum atomic E-state index is 13.3. The van der Waals surface area contributed by atoms with E-state index in [0.717, 1.165) is 41.3 Å². The van der Waals surface area contributed by atoms with Crippen molar-refractivity contribution in [3.63, 3.8) is 0 Å². The fraction of sp³-hybridized carbons (Fsp3) is 0.192. The molecule has 0 saturated carbocycles. The lowest BCUT2D eigenvalue weighted by Crippen LogP contribution is -2.22. The summed E-state index contributed by atoms with van der Waals surface area (Å²) in [5.74, 6) is 1.45. The van der Waals surface area contributed by atoms with Crippen LogP contribution in [0.15, 0.2) is 69.0 Å². The van der Waals surface area contributed by atoms with Crippen LogP contribution in [-0.4, -0.2) is 15.9 Å². The Bertz CT molecular complexity index is 1450. The predicted molar refractivity (Wildman–Crippen MR) is 163 cm³/mol. The highest BCUT2D eigenvalue weighted by Crippen LogP contribution is 2.30. The van der Waals surface area contributed by atoms with Gasteiger partial charge in [0.1, 0.15) is 18.2 Å². The molecule has 3 aromatic carbocycles.